The van der Waals surface area contributed by atoms with Crippen LogP contribution in [0.5, 0.6) is 0 Å². The van der Waals surface area contributed by atoms with E-state index in [4.69, 9.17) is 11.6 Å². The number of hydrogen-bond acceptors (Lipinski definition) is 3. The Morgan fingerprint density at radius 2 is 2.21 bits per heavy atom. The van der Waals surface area contributed by atoms with E-state index >= 15 is 0 Å². The number of hydrogen-bond donors (Lipinski definition) is 1. The average Bonchev–Trinajstić information content (AvgIpc) is 2.47. The Morgan fingerprint density at radius 1 is 1.29 bits per heavy atom. The fourth-order valence-electron chi connectivity index (χ4n) is 1.66. The number of nitrogens with zero attached hydrogens (tertiary/aromatic N) is 2. The van der Waals surface area contributed by atoms with Gasteiger partial charge in [-0.1, -0.05) is 11.6 Å². The molecule has 2 rings (SSSR count). The number of halogens is 1. The molecule has 0 bridgehead atoms. The number of pyridine rings is 1. The molecule has 1 N–H and O–H groups in total. The Morgan fingerprint density at radius 3 is 3.00 bits per heavy atom. The van der Waals surface area contributed by atoms with Crippen molar-refractivity contribution >= 4 is 17.3 Å². The molecule has 1 aliphatic heterocycles. The first-order valence-electron chi connectivity index (χ1n) is 4.93. The minimum Gasteiger partial charge on any atom is -0.369 e. The summed E-state index contributed by atoms with van der Waals surface area (Å²) in [6.45, 7) is 4.29. The summed E-state index contributed by atoms with van der Waals surface area (Å²) in [6.07, 6.45) is 3.02. The largest absolute Gasteiger partial charge is 0.369 e. The lowest BCUT2D eigenvalue weighted by Crippen LogP contribution is -2.27. The quantitative estimate of drug-likeness (QED) is 0.715. The number of rotatable bonds is 1. The van der Waals surface area contributed by atoms with Crippen molar-refractivity contribution in [3.05, 3.63) is 23.5 Å². The summed E-state index contributed by atoms with van der Waals surface area (Å²) in [5.74, 6) is 0. The first-order valence-corrected chi connectivity index (χ1v) is 5.31. The molecule has 0 saturated carbocycles. The van der Waals surface area contributed by atoms with Crippen molar-refractivity contribution in [1.82, 2.24) is 10.3 Å². The van der Waals surface area contributed by atoms with Crippen LogP contribution in [0.2, 0.25) is 5.15 Å². The average molecular weight is 212 g/mol. The van der Waals surface area contributed by atoms with E-state index in [-0.39, 0.29) is 0 Å². The maximum absolute atomic E-state index is 5.74. The first-order chi connectivity index (χ1) is 6.86. The predicted octanol–water partition coefficient (Wildman–Crippen LogP) is 1.53. The minimum atomic E-state index is 0.557. The van der Waals surface area contributed by atoms with Crippen molar-refractivity contribution < 1.29 is 0 Å². The zero-order valence-corrected chi connectivity index (χ0v) is 8.80. The lowest BCUT2D eigenvalue weighted by atomic mass is 10.3. The Hall–Kier alpha value is -0.800. The van der Waals surface area contributed by atoms with Gasteiger partial charge in [0, 0.05) is 19.6 Å². The molecule has 1 aliphatic rings. The summed E-state index contributed by atoms with van der Waals surface area (Å²) in [4.78, 5) is 6.42. The molecule has 0 aromatic carbocycles. The van der Waals surface area contributed by atoms with E-state index in [9.17, 15) is 0 Å². The van der Waals surface area contributed by atoms with Gasteiger partial charge >= 0.3 is 0 Å². The van der Waals surface area contributed by atoms with Gasteiger partial charge in [0.05, 0.1) is 11.9 Å². The van der Waals surface area contributed by atoms with E-state index < -0.39 is 0 Å². The van der Waals surface area contributed by atoms with E-state index in [0.717, 1.165) is 31.9 Å². The normalized spacial score (nSPS) is 17.9. The van der Waals surface area contributed by atoms with Crippen LogP contribution in [0.4, 0.5) is 5.69 Å². The highest BCUT2D eigenvalue weighted by molar-refractivity contribution is 6.29. The molecule has 1 aromatic heterocycles. The topological polar surface area (TPSA) is 28.2 Å². The van der Waals surface area contributed by atoms with E-state index in [2.05, 4.69) is 15.2 Å². The van der Waals surface area contributed by atoms with Gasteiger partial charge in [-0.25, -0.2) is 4.98 Å². The van der Waals surface area contributed by atoms with E-state index in [1.165, 1.54) is 6.42 Å². The van der Waals surface area contributed by atoms with Crippen LogP contribution in [0.25, 0.3) is 0 Å². The molecule has 4 heteroatoms. The van der Waals surface area contributed by atoms with E-state index in [0.29, 0.717) is 5.15 Å². The minimum absolute atomic E-state index is 0.557. The Balaban J connectivity index is 2.08. The van der Waals surface area contributed by atoms with Crippen molar-refractivity contribution in [3.63, 3.8) is 0 Å². The second kappa shape index (κ2) is 4.62. The lowest BCUT2D eigenvalue weighted by molar-refractivity contribution is 0.724. The van der Waals surface area contributed by atoms with E-state index in [1.807, 2.05) is 18.3 Å². The van der Waals surface area contributed by atoms with Crippen LogP contribution in [0, 0.1) is 0 Å². The van der Waals surface area contributed by atoms with Gasteiger partial charge in [-0.05, 0) is 25.1 Å². The highest BCUT2D eigenvalue weighted by atomic mass is 35.5. The summed E-state index contributed by atoms with van der Waals surface area (Å²) in [7, 11) is 0. The Labute approximate surface area is 89.1 Å². The van der Waals surface area contributed by atoms with Crippen LogP contribution in [0.15, 0.2) is 18.3 Å². The maximum atomic E-state index is 5.74. The summed E-state index contributed by atoms with van der Waals surface area (Å²) >= 11 is 5.74. The third kappa shape index (κ3) is 2.36. The Kier molecular flexibility index (Phi) is 3.22. The van der Waals surface area contributed by atoms with Crippen LogP contribution in [0.3, 0.4) is 0 Å². The molecule has 14 heavy (non-hydrogen) atoms. The van der Waals surface area contributed by atoms with Gasteiger partial charge in [-0.15, -0.1) is 0 Å². The monoisotopic (exact) mass is 211 g/mol. The molecule has 0 amide bonds. The van der Waals surface area contributed by atoms with Crippen LogP contribution in [-0.2, 0) is 0 Å². The standard InChI is InChI=1S/C10H14ClN3/c11-10-3-2-9(8-13-10)14-6-1-4-12-5-7-14/h2-3,8,12H,1,4-7H2. The van der Waals surface area contributed by atoms with Gasteiger partial charge in [-0.3, -0.25) is 0 Å². The number of nitrogens with one attached hydrogen (secondary N) is 1. The van der Waals surface area contributed by atoms with Crippen LogP contribution < -0.4 is 10.2 Å². The molecule has 0 unspecified atom stereocenters. The molecule has 2 heterocycles. The van der Waals surface area contributed by atoms with E-state index in [1.54, 1.807) is 0 Å². The van der Waals surface area contributed by atoms with Gasteiger partial charge < -0.3 is 10.2 Å². The molecule has 76 valence electrons. The lowest BCUT2D eigenvalue weighted by Gasteiger charge is -2.21. The molecule has 1 aromatic rings. The molecule has 0 atom stereocenters. The van der Waals surface area contributed by atoms with Crippen molar-refractivity contribution in [3.8, 4) is 0 Å². The van der Waals surface area contributed by atoms with Gasteiger partial charge in [0.2, 0.25) is 0 Å². The zero-order valence-electron chi connectivity index (χ0n) is 8.04. The molecular weight excluding hydrogens is 198 g/mol. The third-order valence-corrected chi connectivity index (χ3v) is 2.64. The molecule has 0 aliphatic carbocycles. The molecule has 0 radical (unpaired) electrons. The second-order valence-electron chi connectivity index (χ2n) is 3.43. The van der Waals surface area contributed by atoms with Gasteiger partial charge in [0.1, 0.15) is 5.15 Å². The van der Waals surface area contributed by atoms with Crippen molar-refractivity contribution in [2.75, 3.05) is 31.1 Å². The fraction of sp³-hybridized carbons (Fsp3) is 0.500. The maximum Gasteiger partial charge on any atom is 0.129 e. The van der Waals surface area contributed by atoms with Crippen molar-refractivity contribution in [2.45, 2.75) is 6.42 Å². The van der Waals surface area contributed by atoms with Crippen molar-refractivity contribution in [1.29, 1.82) is 0 Å². The summed E-state index contributed by atoms with van der Waals surface area (Å²) in [5.41, 5.74) is 1.16. The molecule has 3 nitrogen and oxygen atoms in total. The highest BCUT2D eigenvalue weighted by Crippen LogP contribution is 2.15. The van der Waals surface area contributed by atoms with Crippen molar-refractivity contribution in [2.24, 2.45) is 0 Å². The van der Waals surface area contributed by atoms with Gasteiger partial charge in [0.25, 0.3) is 0 Å². The third-order valence-electron chi connectivity index (χ3n) is 2.42. The zero-order chi connectivity index (χ0) is 9.80. The number of aromatic nitrogens is 1. The molecule has 1 fully saturated rings. The smallest absolute Gasteiger partial charge is 0.129 e. The second-order valence-corrected chi connectivity index (χ2v) is 3.82. The SMILES string of the molecule is Clc1ccc(N2CCCNCC2)cn1. The molecule has 1 saturated heterocycles. The van der Waals surface area contributed by atoms with Crippen LogP contribution >= 0.6 is 11.6 Å². The Bertz CT molecular complexity index is 278. The molecular formula is C10H14ClN3. The predicted molar refractivity (Wildman–Crippen MR) is 58.9 cm³/mol. The van der Waals surface area contributed by atoms with Crippen LogP contribution in [-0.4, -0.2) is 31.2 Å². The summed E-state index contributed by atoms with van der Waals surface area (Å²) in [6, 6.07) is 3.87. The highest BCUT2D eigenvalue weighted by Gasteiger charge is 2.08. The summed E-state index contributed by atoms with van der Waals surface area (Å²) in [5, 5.41) is 3.93. The molecule has 0 spiro atoms. The first kappa shape index (κ1) is 9.74. The summed E-state index contributed by atoms with van der Waals surface area (Å²) < 4.78 is 0. The van der Waals surface area contributed by atoms with Gasteiger partial charge in [-0.2, -0.15) is 0 Å². The fourth-order valence-corrected chi connectivity index (χ4v) is 1.77. The van der Waals surface area contributed by atoms with Gasteiger partial charge in [0.15, 0.2) is 0 Å². The number of anilines is 1. The van der Waals surface area contributed by atoms with Crippen LogP contribution in [0.1, 0.15) is 6.42 Å².